The van der Waals surface area contributed by atoms with E-state index in [2.05, 4.69) is 4.98 Å². The molecule has 6 nitrogen and oxygen atoms in total. The molecule has 130 valence electrons. The highest BCUT2D eigenvalue weighted by molar-refractivity contribution is 7.17. The van der Waals surface area contributed by atoms with Crippen LogP contribution < -0.4 is 10.3 Å². The first-order valence-electron chi connectivity index (χ1n) is 7.86. The molecule has 1 N–H and O–H groups in total. The third kappa shape index (κ3) is 3.41. The predicted octanol–water partition coefficient (Wildman–Crippen LogP) is 3.31. The molecule has 0 unspecified atom stereocenters. The summed E-state index contributed by atoms with van der Waals surface area (Å²) in [4.78, 5) is 28.9. The molecule has 0 aliphatic carbocycles. The van der Waals surface area contributed by atoms with Crippen LogP contribution in [0.15, 0.2) is 34.4 Å². The number of nitrogens with zero attached hydrogens (tertiary/aromatic N) is 2. The SMILES string of the molecule is COc1ccc(-c2csc3nc(C)n(CCCC(=O)O)c(=O)c23)cc1. The third-order valence-electron chi connectivity index (χ3n) is 4.06. The second-order valence-corrected chi connectivity index (χ2v) is 6.53. The molecule has 3 aromatic rings. The van der Waals surface area contributed by atoms with E-state index in [4.69, 9.17) is 9.84 Å². The lowest BCUT2D eigenvalue weighted by molar-refractivity contribution is -0.137. The summed E-state index contributed by atoms with van der Waals surface area (Å²) in [5, 5.41) is 11.3. The Morgan fingerprint density at radius 2 is 2.04 bits per heavy atom. The first kappa shape index (κ1) is 17.2. The number of rotatable bonds is 6. The van der Waals surface area contributed by atoms with Crippen molar-refractivity contribution < 1.29 is 14.6 Å². The van der Waals surface area contributed by atoms with Gasteiger partial charge in [0.15, 0.2) is 0 Å². The molecule has 0 bridgehead atoms. The largest absolute Gasteiger partial charge is 0.497 e. The van der Waals surface area contributed by atoms with Crippen LogP contribution in [0, 0.1) is 6.92 Å². The number of carbonyl (C=O) groups is 1. The van der Waals surface area contributed by atoms with E-state index < -0.39 is 5.97 Å². The number of hydrogen-bond donors (Lipinski definition) is 1. The van der Waals surface area contributed by atoms with E-state index in [-0.39, 0.29) is 12.0 Å². The average molecular weight is 358 g/mol. The molecule has 25 heavy (non-hydrogen) atoms. The Hall–Kier alpha value is -2.67. The van der Waals surface area contributed by atoms with E-state index in [0.717, 1.165) is 16.9 Å². The van der Waals surface area contributed by atoms with Gasteiger partial charge in [-0.25, -0.2) is 4.98 Å². The molecular weight excluding hydrogens is 340 g/mol. The minimum atomic E-state index is -0.866. The van der Waals surface area contributed by atoms with Crippen LogP contribution in [0.25, 0.3) is 21.3 Å². The zero-order valence-electron chi connectivity index (χ0n) is 14.0. The van der Waals surface area contributed by atoms with Crippen LogP contribution >= 0.6 is 11.3 Å². The highest BCUT2D eigenvalue weighted by Crippen LogP contribution is 2.32. The summed E-state index contributed by atoms with van der Waals surface area (Å²) in [6.45, 7) is 2.12. The van der Waals surface area contributed by atoms with E-state index in [9.17, 15) is 9.59 Å². The molecule has 0 saturated heterocycles. The molecule has 0 fully saturated rings. The number of hydrogen-bond acceptors (Lipinski definition) is 5. The highest BCUT2D eigenvalue weighted by Gasteiger charge is 2.15. The Kier molecular flexibility index (Phi) is 4.85. The van der Waals surface area contributed by atoms with Crippen molar-refractivity contribution in [2.24, 2.45) is 0 Å². The standard InChI is InChI=1S/C18H18N2O4S/c1-11-19-17-16(18(23)20(11)9-3-4-15(21)22)14(10-25-17)12-5-7-13(24-2)8-6-12/h5-8,10H,3-4,9H2,1-2H3,(H,21,22). The molecule has 0 atom stereocenters. The molecule has 0 saturated carbocycles. The number of methoxy groups -OCH3 is 1. The van der Waals surface area contributed by atoms with Gasteiger partial charge in [-0.3, -0.25) is 14.2 Å². The Morgan fingerprint density at radius 3 is 2.68 bits per heavy atom. The van der Waals surface area contributed by atoms with Crippen LogP contribution in [0.5, 0.6) is 5.75 Å². The number of benzene rings is 1. The van der Waals surface area contributed by atoms with E-state index in [1.807, 2.05) is 29.6 Å². The summed E-state index contributed by atoms with van der Waals surface area (Å²) in [5.41, 5.74) is 1.64. The number of carboxylic acids is 1. The minimum Gasteiger partial charge on any atom is -0.497 e. The minimum absolute atomic E-state index is 0.0267. The van der Waals surface area contributed by atoms with Crippen LogP contribution in [-0.2, 0) is 11.3 Å². The van der Waals surface area contributed by atoms with E-state index in [1.54, 1.807) is 18.6 Å². The zero-order valence-corrected chi connectivity index (χ0v) is 14.8. The van der Waals surface area contributed by atoms with Gasteiger partial charge in [0, 0.05) is 23.9 Å². The lowest BCUT2D eigenvalue weighted by atomic mass is 10.1. The number of fused-ring (bicyclic) bond motifs is 1. The lowest BCUT2D eigenvalue weighted by Crippen LogP contribution is -2.24. The molecule has 0 spiro atoms. The Bertz CT molecular complexity index is 973. The van der Waals surface area contributed by atoms with Crippen LogP contribution in [-0.4, -0.2) is 27.7 Å². The summed E-state index contributed by atoms with van der Waals surface area (Å²) < 4.78 is 6.73. The lowest BCUT2D eigenvalue weighted by Gasteiger charge is -2.09. The molecular formula is C18H18N2O4S. The van der Waals surface area contributed by atoms with Crippen molar-refractivity contribution in [2.45, 2.75) is 26.3 Å². The molecule has 1 aromatic carbocycles. The van der Waals surface area contributed by atoms with Gasteiger partial charge in [-0.1, -0.05) is 12.1 Å². The van der Waals surface area contributed by atoms with Crippen molar-refractivity contribution in [1.82, 2.24) is 9.55 Å². The number of aliphatic carboxylic acids is 1. The number of carboxylic acid groups (broad SMARTS) is 1. The van der Waals surface area contributed by atoms with E-state index >= 15 is 0 Å². The molecule has 3 rings (SSSR count). The van der Waals surface area contributed by atoms with Gasteiger partial charge in [-0.2, -0.15) is 0 Å². The zero-order chi connectivity index (χ0) is 18.0. The number of aromatic nitrogens is 2. The molecule has 2 heterocycles. The van der Waals surface area contributed by atoms with Crippen molar-refractivity contribution in [3.63, 3.8) is 0 Å². The quantitative estimate of drug-likeness (QED) is 0.731. The van der Waals surface area contributed by atoms with E-state index in [1.165, 1.54) is 11.3 Å². The molecule has 0 aliphatic heterocycles. The van der Waals surface area contributed by atoms with Crippen molar-refractivity contribution in [1.29, 1.82) is 0 Å². The van der Waals surface area contributed by atoms with Crippen molar-refractivity contribution in [2.75, 3.05) is 7.11 Å². The third-order valence-corrected chi connectivity index (χ3v) is 4.93. The Labute approximate surface area is 148 Å². The molecule has 0 radical (unpaired) electrons. The van der Waals surface area contributed by atoms with Crippen molar-refractivity contribution >= 4 is 27.5 Å². The number of ether oxygens (including phenoxy) is 1. The number of thiophene rings is 1. The smallest absolute Gasteiger partial charge is 0.303 e. The fraction of sp³-hybridized carbons (Fsp3) is 0.278. The molecule has 0 amide bonds. The average Bonchev–Trinajstić information content (AvgIpc) is 3.01. The fourth-order valence-electron chi connectivity index (χ4n) is 2.76. The van der Waals surface area contributed by atoms with Gasteiger partial charge in [0.05, 0.1) is 12.5 Å². The second kappa shape index (κ2) is 7.06. The van der Waals surface area contributed by atoms with Crippen molar-refractivity contribution in [3.05, 3.63) is 45.8 Å². The van der Waals surface area contributed by atoms with Gasteiger partial charge in [0.25, 0.3) is 5.56 Å². The molecule has 2 aromatic heterocycles. The Morgan fingerprint density at radius 1 is 1.32 bits per heavy atom. The summed E-state index contributed by atoms with van der Waals surface area (Å²) in [7, 11) is 1.61. The van der Waals surface area contributed by atoms with Gasteiger partial charge in [0.1, 0.15) is 16.4 Å². The normalized spacial score (nSPS) is 11.0. The Balaban J connectivity index is 2.06. The van der Waals surface area contributed by atoms with Crippen molar-refractivity contribution in [3.8, 4) is 16.9 Å². The highest BCUT2D eigenvalue weighted by atomic mass is 32.1. The first-order valence-corrected chi connectivity index (χ1v) is 8.74. The summed E-state index contributed by atoms with van der Waals surface area (Å²) in [5.74, 6) is 0.489. The fourth-order valence-corrected chi connectivity index (χ4v) is 3.74. The topological polar surface area (TPSA) is 81.4 Å². The van der Waals surface area contributed by atoms with E-state index in [0.29, 0.717) is 29.0 Å². The monoisotopic (exact) mass is 358 g/mol. The number of aryl methyl sites for hydroxylation is 1. The van der Waals surface area contributed by atoms with Crippen LogP contribution in [0.4, 0.5) is 0 Å². The predicted molar refractivity (Wildman–Crippen MR) is 97.5 cm³/mol. The van der Waals surface area contributed by atoms with Gasteiger partial charge >= 0.3 is 5.97 Å². The van der Waals surface area contributed by atoms with Crippen LogP contribution in [0.1, 0.15) is 18.7 Å². The van der Waals surface area contributed by atoms with Gasteiger partial charge in [-0.15, -0.1) is 11.3 Å². The summed E-state index contributed by atoms with van der Waals surface area (Å²) in [6, 6.07) is 7.53. The first-order chi connectivity index (χ1) is 12.0. The molecule has 7 heteroatoms. The van der Waals surface area contributed by atoms with Crippen LogP contribution in [0.2, 0.25) is 0 Å². The maximum Gasteiger partial charge on any atom is 0.303 e. The maximum atomic E-state index is 13.0. The van der Waals surface area contributed by atoms with Gasteiger partial charge in [-0.05, 0) is 31.0 Å². The maximum absolute atomic E-state index is 13.0. The van der Waals surface area contributed by atoms with Crippen LogP contribution in [0.3, 0.4) is 0 Å². The second-order valence-electron chi connectivity index (χ2n) is 5.67. The van der Waals surface area contributed by atoms with Gasteiger partial charge < -0.3 is 9.84 Å². The summed E-state index contributed by atoms with van der Waals surface area (Å²) >= 11 is 1.43. The summed E-state index contributed by atoms with van der Waals surface area (Å²) in [6.07, 6.45) is 0.421. The molecule has 0 aliphatic rings. The van der Waals surface area contributed by atoms with Gasteiger partial charge in [0.2, 0.25) is 0 Å².